The average molecular weight is 656 g/mol. The summed E-state index contributed by atoms with van der Waals surface area (Å²) >= 11 is 0. The SMILES string of the molecule is CCCCCCCC(=O)OCC(CCC[C@H](O)CN(CCCCO)CCC(CCCC)CCCC)COC(=O)CCCCCCC. The molecule has 0 spiro atoms. The van der Waals surface area contributed by atoms with E-state index < -0.39 is 6.10 Å². The first kappa shape index (κ1) is 44.8. The third kappa shape index (κ3) is 29.0. The van der Waals surface area contributed by atoms with Gasteiger partial charge in [-0.25, -0.2) is 0 Å². The number of ether oxygens (including phenoxy) is 2. The standard InChI is InChI=1S/C39H77NO6/c1-5-9-13-15-17-26-38(43)45-33-36(34-46-39(44)27-18-16-14-10-6-2)24-21-25-37(42)32-40(29-19-20-31-41)30-28-35(22-11-7-3)23-12-8-4/h35-37,41-42H,5-34H2,1-4H3/t37-/m0/s1. The van der Waals surface area contributed by atoms with Crippen LogP contribution in [0.5, 0.6) is 0 Å². The molecule has 0 aromatic rings. The Kier molecular flexibility index (Phi) is 32.8. The second-order valence-electron chi connectivity index (χ2n) is 13.8. The highest BCUT2D eigenvalue weighted by molar-refractivity contribution is 5.69. The Balaban J connectivity index is 4.91. The normalized spacial score (nSPS) is 12.4. The van der Waals surface area contributed by atoms with E-state index in [1.165, 1.54) is 70.6 Å². The van der Waals surface area contributed by atoms with Gasteiger partial charge in [0.1, 0.15) is 0 Å². The van der Waals surface area contributed by atoms with Crippen molar-refractivity contribution in [2.24, 2.45) is 11.8 Å². The molecule has 0 aliphatic rings. The lowest BCUT2D eigenvalue weighted by atomic mass is 9.92. The number of rotatable bonds is 35. The van der Waals surface area contributed by atoms with Gasteiger partial charge in [-0.15, -0.1) is 0 Å². The summed E-state index contributed by atoms with van der Waals surface area (Å²) in [5.41, 5.74) is 0. The summed E-state index contributed by atoms with van der Waals surface area (Å²) in [5, 5.41) is 20.3. The van der Waals surface area contributed by atoms with Gasteiger partial charge in [-0.1, -0.05) is 124 Å². The number of unbranched alkanes of at least 4 members (excludes halogenated alkanes) is 11. The maximum atomic E-state index is 12.4. The molecule has 1 atom stereocenters. The molecule has 0 amide bonds. The van der Waals surface area contributed by atoms with Crippen molar-refractivity contribution in [3.8, 4) is 0 Å². The molecule has 7 nitrogen and oxygen atoms in total. The lowest BCUT2D eigenvalue weighted by molar-refractivity contribution is -0.149. The first-order valence-corrected chi connectivity index (χ1v) is 19.7. The van der Waals surface area contributed by atoms with Crippen molar-refractivity contribution in [3.63, 3.8) is 0 Å². The zero-order valence-electron chi connectivity index (χ0n) is 30.9. The van der Waals surface area contributed by atoms with Crippen molar-refractivity contribution < 1.29 is 29.3 Å². The van der Waals surface area contributed by atoms with E-state index >= 15 is 0 Å². The molecule has 7 heteroatoms. The van der Waals surface area contributed by atoms with E-state index in [0.717, 1.165) is 83.2 Å². The van der Waals surface area contributed by atoms with Crippen LogP contribution in [0.1, 0.15) is 182 Å². The summed E-state index contributed by atoms with van der Waals surface area (Å²) < 4.78 is 11.3. The van der Waals surface area contributed by atoms with Gasteiger partial charge in [0.15, 0.2) is 0 Å². The van der Waals surface area contributed by atoms with Gasteiger partial charge in [0.05, 0.1) is 19.3 Å². The van der Waals surface area contributed by atoms with Crippen LogP contribution in [0.4, 0.5) is 0 Å². The van der Waals surface area contributed by atoms with Crippen LogP contribution in [0.2, 0.25) is 0 Å². The number of hydrogen-bond donors (Lipinski definition) is 2. The minimum atomic E-state index is -0.434. The number of hydrogen-bond acceptors (Lipinski definition) is 7. The van der Waals surface area contributed by atoms with Crippen molar-refractivity contribution in [3.05, 3.63) is 0 Å². The quantitative estimate of drug-likeness (QED) is 0.0519. The Hall–Kier alpha value is -1.18. The number of carbonyl (C=O) groups is 2. The zero-order valence-corrected chi connectivity index (χ0v) is 30.9. The van der Waals surface area contributed by atoms with Crippen LogP contribution < -0.4 is 0 Å². The molecule has 274 valence electrons. The predicted octanol–water partition coefficient (Wildman–Crippen LogP) is 9.40. The van der Waals surface area contributed by atoms with Gasteiger partial charge in [0.25, 0.3) is 0 Å². The summed E-state index contributed by atoms with van der Waals surface area (Å²) in [6, 6.07) is 0. The smallest absolute Gasteiger partial charge is 0.305 e. The Labute approximate surface area is 285 Å². The fourth-order valence-corrected chi connectivity index (χ4v) is 6.08. The van der Waals surface area contributed by atoms with Gasteiger partial charge in [0, 0.05) is 31.9 Å². The maximum absolute atomic E-state index is 12.4. The molecule has 0 saturated carbocycles. The molecule has 0 fully saturated rings. The van der Waals surface area contributed by atoms with Crippen LogP contribution in [0.15, 0.2) is 0 Å². The van der Waals surface area contributed by atoms with Crippen molar-refractivity contribution in [2.45, 2.75) is 188 Å². The molecular formula is C39H77NO6. The first-order chi connectivity index (χ1) is 22.4. The highest BCUT2D eigenvalue weighted by Crippen LogP contribution is 2.21. The molecule has 0 radical (unpaired) electrons. The minimum absolute atomic E-state index is 0.0566. The molecule has 46 heavy (non-hydrogen) atoms. The highest BCUT2D eigenvalue weighted by Gasteiger charge is 2.18. The topological polar surface area (TPSA) is 96.3 Å². The minimum Gasteiger partial charge on any atom is -0.465 e. The van der Waals surface area contributed by atoms with Crippen LogP contribution >= 0.6 is 0 Å². The van der Waals surface area contributed by atoms with E-state index in [4.69, 9.17) is 9.47 Å². The molecule has 0 aliphatic carbocycles. The Morgan fingerprint density at radius 1 is 0.543 bits per heavy atom. The third-order valence-electron chi connectivity index (χ3n) is 9.22. The second-order valence-corrected chi connectivity index (χ2v) is 13.8. The largest absolute Gasteiger partial charge is 0.465 e. The van der Waals surface area contributed by atoms with Crippen LogP contribution in [0, 0.1) is 11.8 Å². The van der Waals surface area contributed by atoms with Gasteiger partial charge in [-0.3, -0.25) is 9.59 Å². The van der Waals surface area contributed by atoms with E-state index in [1.54, 1.807) is 0 Å². The fraction of sp³-hybridized carbons (Fsp3) is 0.949. The molecule has 0 heterocycles. The number of nitrogens with zero attached hydrogens (tertiary/aromatic N) is 1. The van der Waals surface area contributed by atoms with Crippen LogP contribution in [0.3, 0.4) is 0 Å². The lowest BCUT2D eigenvalue weighted by Gasteiger charge is -2.27. The molecule has 0 bridgehead atoms. The van der Waals surface area contributed by atoms with E-state index in [-0.39, 0.29) is 37.7 Å². The van der Waals surface area contributed by atoms with E-state index in [0.29, 0.717) is 25.8 Å². The Morgan fingerprint density at radius 2 is 1.04 bits per heavy atom. The lowest BCUT2D eigenvalue weighted by Crippen LogP contribution is -2.35. The molecule has 0 aromatic carbocycles. The van der Waals surface area contributed by atoms with Crippen molar-refractivity contribution in [1.82, 2.24) is 4.90 Å². The monoisotopic (exact) mass is 656 g/mol. The summed E-state index contributed by atoms with van der Waals surface area (Å²) in [5.74, 6) is 0.354. The fourth-order valence-electron chi connectivity index (χ4n) is 6.08. The van der Waals surface area contributed by atoms with Gasteiger partial charge < -0.3 is 24.6 Å². The van der Waals surface area contributed by atoms with Gasteiger partial charge >= 0.3 is 11.9 Å². The van der Waals surface area contributed by atoms with E-state index in [9.17, 15) is 19.8 Å². The maximum Gasteiger partial charge on any atom is 0.305 e. The molecule has 0 rings (SSSR count). The van der Waals surface area contributed by atoms with E-state index in [2.05, 4.69) is 32.6 Å². The number of esters is 2. The number of aliphatic hydroxyl groups excluding tert-OH is 2. The predicted molar refractivity (Wildman–Crippen MR) is 192 cm³/mol. The molecule has 0 saturated heterocycles. The summed E-state index contributed by atoms with van der Waals surface area (Å²) in [7, 11) is 0. The Morgan fingerprint density at radius 3 is 1.54 bits per heavy atom. The van der Waals surface area contributed by atoms with Crippen LogP contribution in [-0.4, -0.2) is 72.6 Å². The molecule has 0 aliphatic heterocycles. The summed E-state index contributed by atoms with van der Waals surface area (Å²) in [6.07, 6.45) is 24.0. The molecular weight excluding hydrogens is 578 g/mol. The molecule has 0 unspecified atom stereocenters. The van der Waals surface area contributed by atoms with E-state index in [1.807, 2.05) is 0 Å². The van der Waals surface area contributed by atoms with Crippen molar-refractivity contribution >= 4 is 11.9 Å². The zero-order chi connectivity index (χ0) is 34.1. The second kappa shape index (κ2) is 33.7. The van der Waals surface area contributed by atoms with Crippen molar-refractivity contribution in [2.75, 3.05) is 39.5 Å². The summed E-state index contributed by atoms with van der Waals surface area (Å²) in [6.45, 7) is 12.2. The Bertz CT molecular complexity index is 637. The van der Waals surface area contributed by atoms with Gasteiger partial charge in [0.2, 0.25) is 0 Å². The average Bonchev–Trinajstić information content (AvgIpc) is 3.05. The first-order valence-electron chi connectivity index (χ1n) is 19.7. The van der Waals surface area contributed by atoms with Crippen LogP contribution in [0.25, 0.3) is 0 Å². The van der Waals surface area contributed by atoms with Crippen LogP contribution in [-0.2, 0) is 19.1 Å². The summed E-state index contributed by atoms with van der Waals surface area (Å²) in [4.78, 5) is 27.2. The molecule has 2 N–H and O–H groups in total. The van der Waals surface area contributed by atoms with Gasteiger partial charge in [-0.2, -0.15) is 0 Å². The number of carbonyl (C=O) groups excluding carboxylic acids is 2. The highest BCUT2D eigenvalue weighted by atomic mass is 16.5. The number of aliphatic hydroxyl groups is 2. The third-order valence-corrected chi connectivity index (χ3v) is 9.22. The van der Waals surface area contributed by atoms with Gasteiger partial charge in [-0.05, 0) is 64.0 Å². The molecule has 0 aromatic heterocycles. The van der Waals surface area contributed by atoms with Crippen molar-refractivity contribution in [1.29, 1.82) is 0 Å².